The van der Waals surface area contributed by atoms with Crippen LogP contribution in [-0.4, -0.2) is 11.0 Å². The number of aryl methyl sites for hydroxylation is 1. The molecule has 0 fully saturated rings. The zero-order valence-electron chi connectivity index (χ0n) is 10.3. The molecule has 2 nitrogen and oxygen atoms in total. The van der Waals surface area contributed by atoms with Gasteiger partial charge in [0.2, 0.25) is 0 Å². The van der Waals surface area contributed by atoms with E-state index in [-0.39, 0.29) is 0 Å². The Hall–Kier alpha value is -0.710. The molecule has 92 valence electrons. The van der Waals surface area contributed by atoms with Crippen LogP contribution in [0.3, 0.4) is 0 Å². The smallest absolute Gasteiger partial charge is 0.0925 e. The van der Waals surface area contributed by atoms with Gasteiger partial charge in [0.1, 0.15) is 0 Å². The van der Waals surface area contributed by atoms with Gasteiger partial charge in [0.25, 0.3) is 0 Å². The number of thiazole rings is 1. The Morgan fingerprint density at radius 3 is 3.00 bits per heavy atom. The Bertz CT molecular complexity index is 434. The molecular formula is C13H18N2S2. The van der Waals surface area contributed by atoms with Crippen LogP contribution in [0, 0.1) is 0 Å². The van der Waals surface area contributed by atoms with Crippen LogP contribution in [0.5, 0.6) is 0 Å². The molecule has 2 aromatic heterocycles. The number of nitrogens with zero attached hydrogens (tertiary/aromatic N) is 1. The molecule has 0 spiro atoms. The van der Waals surface area contributed by atoms with E-state index < -0.39 is 0 Å². The first-order valence-corrected chi connectivity index (χ1v) is 7.72. The molecule has 17 heavy (non-hydrogen) atoms. The monoisotopic (exact) mass is 266 g/mol. The van der Waals surface area contributed by atoms with Gasteiger partial charge in [-0.15, -0.1) is 11.3 Å². The van der Waals surface area contributed by atoms with Gasteiger partial charge in [0, 0.05) is 23.7 Å². The minimum Gasteiger partial charge on any atom is -0.309 e. The zero-order valence-corrected chi connectivity index (χ0v) is 11.9. The second kappa shape index (κ2) is 6.28. The Labute approximate surface area is 111 Å². The topological polar surface area (TPSA) is 24.9 Å². The Morgan fingerprint density at radius 2 is 2.35 bits per heavy atom. The molecule has 2 aromatic rings. The highest BCUT2D eigenvalue weighted by Gasteiger charge is 2.05. The third-order valence-electron chi connectivity index (χ3n) is 2.65. The van der Waals surface area contributed by atoms with E-state index in [1.54, 1.807) is 11.3 Å². The summed E-state index contributed by atoms with van der Waals surface area (Å²) in [5.41, 5.74) is 1.42. The van der Waals surface area contributed by atoms with Gasteiger partial charge >= 0.3 is 0 Å². The third kappa shape index (κ3) is 3.91. The van der Waals surface area contributed by atoms with Crippen molar-refractivity contribution in [2.75, 3.05) is 0 Å². The van der Waals surface area contributed by atoms with E-state index in [4.69, 9.17) is 0 Å². The Balaban J connectivity index is 1.77. The van der Waals surface area contributed by atoms with Crippen molar-refractivity contribution < 1.29 is 0 Å². The number of nitrogens with one attached hydrogen (secondary N) is 1. The molecule has 2 rings (SSSR count). The summed E-state index contributed by atoms with van der Waals surface area (Å²) in [5.74, 6) is 0. The maximum Gasteiger partial charge on any atom is 0.0925 e. The van der Waals surface area contributed by atoms with E-state index in [2.05, 4.69) is 41.0 Å². The molecule has 1 atom stereocenters. The van der Waals surface area contributed by atoms with Crippen molar-refractivity contribution in [2.45, 2.75) is 39.3 Å². The average Bonchev–Trinajstić information content (AvgIpc) is 2.96. The lowest BCUT2D eigenvalue weighted by Gasteiger charge is -2.11. The molecule has 0 aromatic carbocycles. The van der Waals surface area contributed by atoms with Gasteiger partial charge in [-0.05, 0) is 42.2 Å². The largest absolute Gasteiger partial charge is 0.309 e. The lowest BCUT2D eigenvalue weighted by atomic mass is 10.1. The molecule has 0 bridgehead atoms. The van der Waals surface area contributed by atoms with Crippen LogP contribution in [0.25, 0.3) is 0 Å². The fourth-order valence-electron chi connectivity index (χ4n) is 1.70. The first kappa shape index (κ1) is 12.7. The molecule has 0 aliphatic rings. The van der Waals surface area contributed by atoms with E-state index in [1.807, 2.05) is 17.5 Å². The highest BCUT2D eigenvalue weighted by Crippen LogP contribution is 2.14. The van der Waals surface area contributed by atoms with Crippen molar-refractivity contribution in [2.24, 2.45) is 0 Å². The minimum absolute atomic E-state index is 0.511. The molecule has 0 saturated carbocycles. The first-order valence-electron chi connectivity index (χ1n) is 5.96. The maximum atomic E-state index is 4.37. The second-order valence-corrected chi connectivity index (χ2v) is 6.17. The van der Waals surface area contributed by atoms with Crippen molar-refractivity contribution >= 4 is 22.7 Å². The maximum absolute atomic E-state index is 4.37. The summed E-state index contributed by atoms with van der Waals surface area (Å²) < 4.78 is 0. The number of thiophene rings is 1. The normalized spacial score (nSPS) is 12.8. The van der Waals surface area contributed by atoms with Gasteiger partial charge in [-0.3, -0.25) is 0 Å². The van der Waals surface area contributed by atoms with Crippen molar-refractivity contribution in [3.8, 4) is 0 Å². The number of hydrogen-bond acceptors (Lipinski definition) is 4. The second-order valence-electron chi connectivity index (χ2n) is 4.19. The van der Waals surface area contributed by atoms with Crippen LogP contribution in [0.1, 0.15) is 29.3 Å². The standard InChI is InChI=1S/C13H18N2S2/c1-3-13-15-8-12(17-13)7-14-10(2)6-11-4-5-16-9-11/h4-5,8-10,14H,3,6-7H2,1-2H3. The van der Waals surface area contributed by atoms with Crippen molar-refractivity contribution in [3.63, 3.8) is 0 Å². The highest BCUT2D eigenvalue weighted by atomic mass is 32.1. The summed E-state index contributed by atoms with van der Waals surface area (Å²) in [6.45, 7) is 5.32. The highest BCUT2D eigenvalue weighted by molar-refractivity contribution is 7.11. The molecule has 1 unspecified atom stereocenters. The van der Waals surface area contributed by atoms with E-state index in [0.717, 1.165) is 19.4 Å². The predicted molar refractivity (Wildman–Crippen MR) is 75.8 cm³/mol. The lowest BCUT2D eigenvalue weighted by Crippen LogP contribution is -2.26. The Kier molecular flexibility index (Phi) is 4.71. The molecule has 0 aliphatic carbocycles. The van der Waals surface area contributed by atoms with Crippen LogP contribution in [0.15, 0.2) is 23.0 Å². The molecule has 4 heteroatoms. The first-order chi connectivity index (χ1) is 8.28. The molecule has 0 radical (unpaired) electrons. The molecule has 0 saturated heterocycles. The summed E-state index contributed by atoms with van der Waals surface area (Å²) in [4.78, 5) is 5.70. The van der Waals surface area contributed by atoms with Gasteiger partial charge < -0.3 is 5.32 Å². The van der Waals surface area contributed by atoms with E-state index in [0.29, 0.717) is 6.04 Å². The van der Waals surface area contributed by atoms with Crippen LogP contribution in [0.4, 0.5) is 0 Å². The average molecular weight is 266 g/mol. The van der Waals surface area contributed by atoms with Crippen LogP contribution in [0.2, 0.25) is 0 Å². The fraction of sp³-hybridized carbons (Fsp3) is 0.462. The van der Waals surface area contributed by atoms with E-state index >= 15 is 0 Å². The van der Waals surface area contributed by atoms with Crippen LogP contribution < -0.4 is 5.32 Å². The molecule has 0 amide bonds. The van der Waals surface area contributed by atoms with Crippen LogP contribution in [-0.2, 0) is 19.4 Å². The van der Waals surface area contributed by atoms with Gasteiger partial charge in [-0.2, -0.15) is 11.3 Å². The van der Waals surface area contributed by atoms with Crippen molar-refractivity contribution in [1.29, 1.82) is 0 Å². The third-order valence-corrected chi connectivity index (χ3v) is 4.52. The number of hydrogen-bond donors (Lipinski definition) is 1. The van der Waals surface area contributed by atoms with Crippen LogP contribution >= 0.6 is 22.7 Å². The zero-order chi connectivity index (χ0) is 12.1. The summed E-state index contributed by atoms with van der Waals surface area (Å²) >= 11 is 3.58. The van der Waals surface area contributed by atoms with Gasteiger partial charge in [-0.1, -0.05) is 6.92 Å². The molecule has 1 N–H and O–H groups in total. The van der Waals surface area contributed by atoms with Crippen molar-refractivity contribution in [1.82, 2.24) is 10.3 Å². The summed E-state index contributed by atoms with van der Waals surface area (Å²) in [7, 11) is 0. The lowest BCUT2D eigenvalue weighted by molar-refractivity contribution is 0.549. The number of rotatable bonds is 6. The van der Waals surface area contributed by atoms with E-state index in [1.165, 1.54) is 15.4 Å². The predicted octanol–water partition coefficient (Wildman–Crippen LogP) is 3.49. The summed E-state index contributed by atoms with van der Waals surface area (Å²) in [6, 6.07) is 2.71. The van der Waals surface area contributed by atoms with Crippen molar-refractivity contribution in [3.05, 3.63) is 38.5 Å². The fourth-order valence-corrected chi connectivity index (χ4v) is 3.20. The van der Waals surface area contributed by atoms with Gasteiger partial charge in [0.05, 0.1) is 5.01 Å². The molecule has 2 heterocycles. The molecule has 0 aliphatic heterocycles. The Morgan fingerprint density at radius 1 is 1.47 bits per heavy atom. The number of aromatic nitrogens is 1. The molecular weight excluding hydrogens is 248 g/mol. The van der Waals surface area contributed by atoms with Gasteiger partial charge in [-0.25, -0.2) is 4.98 Å². The quantitative estimate of drug-likeness (QED) is 0.866. The summed E-state index contributed by atoms with van der Waals surface area (Å²) in [6.07, 6.45) is 4.13. The van der Waals surface area contributed by atoms with Gasteiger partial charge in [0.15, 0.2) is 0 Å². The minimum atomic E-state index is 0.511. The summed E-state index contributed by atoms with van der Waals surface area (Å²) in [5, 5.41) is 9.14. The van der Waals surface area contributed by atoms with E-state index in [9.17, 15) is 0 Å². The SMILES string of the molecule is CCc1ncc(CNC(C)Cc2ccsc2)s1.